The summed E-state index contributed by atoms with van der Waals surface area (Å²) in [5.41, 5.74) is 8.76. The van der Waals surface area contributed by atoms with Crippen LogP contribution in [0.25, 0.3) is 11.1 Å². The van der Waals surface area contributed by atoms with Crippen molar-refractivity contribution in [1.82, 2.24) is 10.2 Å². The average Bonchev–Trinajstić information content (AvgIpc) is 2.99. The number of halogens is 2. The minimum absolute atomic E-state index is 0.469. The molecule has 2 aromatic rings. The Morgan fingerprint density at radius 3 is 2.37 bits per heavy atom. The van der Waals surface area contributed by atoms with Crippen LogP contribution in [0, 0.1) is 0 Å². The number of rotatable bonds is 2. The van der Waals surface area contributed by atoms with Gasteiger partial charge in [0, 0.05) is 22.7 Å². The van der Waals surface area contributed by atoms with E-state index in [1.165, 1.54) is 12.8 Å². The second-order valence-electron chi connectivity index (χ2n) is 4.98. The molecule has 5 heteroatoms. The van der Waals surface area contributed by atoms with Crippen LogP contribution in [0.5, 0.6) is 0 Å². The lowest BCUT2D eigenvalue weighted by Gasteiger charge is -2.12. The molecule has 0 unspecified atom stereocenters. The molecule has 0 spiro atoms. The normalized spacial score (nSPS) is 16.1. The molecule has 0 atom stereocenters. The summed E-state index contributed by atoms with van der Waals surface area (Å²) in [4.78, 5) is 0. The number of anilines is 1. The Bertz CT molecular complexity index is 580. The Hall–Kier alpha value is -1.19. The van der Waals surface area contributed by atoms with Gasteiger partial charge >= 0.3 is 0 Å². The van der Waals surface area contributed by atoms with E-state index < -0.39 is 0 Å². The van der Waals surface area contributed by atoms with Gasteiger partial charge < -0.3 is 5.73 Å². The van der Waals surface area contributed by atoms with E-state index in [0.717, 1.165) is 29.7 Å². The lowest BCUT2D eigenvalue weighted by Crippen LogP contribution is -1.97. The molecule has 1 aromatic carbocycles. The molecule has 19 heavy (non-hydrogen) atoms. The topological polar surface area (TPSA) is 54.7 Å². The zero-order valence-electron chi connectivity index (χ0n) is 10.4. The van der Waals surface area contributed by atoms with Crippen molar-refractivity contribution in [2.24, 2.45) is 0 Å². The molecule has 1 aliphatic carbocycles. The first kappa shape index (κ1) is 12.8. The fourth-order valence-electron chi connectivity index (χ4n) is 2.88. The summed E-state index contributed by atoms with van der Waals surface area (Å²) >= 11 is 12.6. The number of nitrogens with two attached hydrogens (primary N) is 1. The second kappa shape index (κ2) is 5.06. The third-order valence-electron chi connectivity index (χ3n) is 3.80. The predicted molar refractivity (Wildman–Crippen MR) is 79.7 cm³/mol. The maximum absolute atomic E-state index is 6.29. The number of nitrogen functional groups attached to an aromatic ring is 1. The zero-order valence-corrected chi connectivity index (χ0v) is 11.9. The first-order chi connectivity index (χ1) is 9.18. The number of hydrogen-bond donors (Lipinski definition) is 2. The third kappa shape index (κ3) is 2.21. The second-order valence-corrected chi connectivity index (χ2v) is 5.79. The molecule has 3 N–H and O–H groups in total. The van der Waals surface area contributed by atoms with E-state index in [4.69, 9.17) is 28.9 Å². The summed E-state index contributed by atoms with van der Waals surface area (Å²) in [6.07, 6.45) is 4.83. The number of hydrogen-bond acceptors (Lipinski definition) is 2. The van der Waals surface area contributed by atoms with Crippen LogP contribution in [-0.2, 0) is 0 Å². The van der Waals surface area contributed by atoms with Crippen LogP contribution in [-0.4, -0.2) is 10.2 Å². The predicted octanol–water partition coefficient (Wildman–Crippen LogP) is 4.62. The lowest BCUT2D eigenvalue weighted by molar-refractivity contribution is 0.694. The molecule has 1 aliphatic rings. The summed E-state index contributed by atoms with van der Waals surface area (Å²) in [6.45, 7) is 0. The van der Waals surface area contributed by atoms with Crippen molar-refractivity contribution in [2.45, 2.75) is 31.6 Å². The monoisotopic (exact) mass is 295 g/mol. The first-order valence-electron chi connectivity index (χ1n) is 6.46. The third-order valence-corrected chi connectivity index (χ3v) is 4.43. The van der Waals surface area contributed by atoms with Gasteiger partial charge in [0.2, 0.25) is 0 Å². The van der Waals surface area contributed by atoms with Gasteiger partial charge in [0.1, 0.15) is 0 Å². The Labute approximate surface area is 122 Å². The van der Waals surface area contributed by atoms with Crippen molar-refractivity contribution >= 4 is 29.0 Å². The standard InChI is InChI=1S/C14H15Cl2N3/c15-9-6-3-7-10(16)11(9)12-13(18-19-14(12)17)8-4-1-2-5-8/h3,6-8H,1-2,4-5H2,(H3,17,18,19). The van der Waals surface area contributed by atoms with Gasteiger partial charge in [-0.1, -0.05) is 42.1 Å². The van der Waals surface area contributed by atoms with Crippen molar-refractivity contribution in [2.75, 3.05) is 5.73 Å². The maximum atomic E-state index is 6.29. The van der Waals surface area contributed by atoms with Crippen LogP contribution in [0.3, 0.4) is 0 Å². The SMILES string of the molecule is Nc1n[nH]c(C2CCCC2)c1-c1c(Cl)cccc1Cl. The molecule has 100 valence electrons. The summed E-state index contributed by atoms with van der Waals surface area (Å²) in [5, 5.41) is 8.45. The number of benzene rings is 1. The summed E-state index contributed by atoms with van der Waals surface area (Å²) in [6, 6.07) is 5.49. The number of aromatic nitrogens is 2. The summed E-state index contributed by atoms with van der Waals surface area (Å²) in [7, 11) is 0. The highest BCUT2D eigenvalue weighted by molar-refractivity contribution is 6.39. The maximum Gasteiger partial charge on any atom is 0.153 e. The Morgan fingerprint density at radius 1 is 1.11 bits per heavy atom. The van der Waals surface area contributed by atoms with Crippen molar-refractivity contribution in [3.8, 4) is 11.1 Å². The minimum Gasteiger partial charge on any atom is -0.382 e. The Kier molecular flexibility index (Phi) is 3.42. The van der Waals surface area contributed by atoms with E-state index in [9.17, 15) is 0 Å². The van der Waals surface area contributed by atoms with Crippen LogP contribution < -0.4 is 5.73 Å². The largest absolute Gasteiger partial charge is 0.382 e. The lowest BCUT2D eigenvalue weighted by atomic mass is 9.95. The van der Waals surface area contributed by atoms with E-state index in [2.05, 4.69) is 10.2 Å². The average molecular weight is 296 g/mol. The number of nitrogens with one attached hydrogen (secondary N) is 1. The molecule has 1 saturated carbocycles. The molecule has 3 nitrogen and oxygen atoms in total. The van der Waals surface area contributed by atoms with E-state index >= 15 is 0 Å². The molecule has 0 radical (unpaired) electrons. The molecule has 0 saturated heterocycles. The number of H-pyrrole nitrogens is 1. The van der Waals surface area contributed by atoms with Crippen molar-refractivity contribution in [3.05, 3.63) is 33.9 Å². The smallest absolute Gasteiger partial charge is 0.153 e. The van der Waals surface area contributed by atoms with Gasteiger partial charge in [0.15, 0.2) is 5.82 Å². The highest BCUT2D eigenvalue weighted by Gasteiger charge is 2.26. The number of aromatic amines is 1. The van der Waals surface area contributed by atoms with Crippen LogP contribution >= 0.6 is 23.2 Å². The molecule has 0 aliphatic heterocycles. The van der Waals surface area contributed by atoms with E-state index in [1.807, 2.05) is 18.2 Å². The van der Waals surface area contributed by atoms with Gasteiger partial charge in [-0.05, 0) is 25.0 Å². The van der Waals surface area contributed by atoms with Crippen molar-refractivity contribution < 1.29 is 0 Å². The van der Waals surface area contributed by atoms with Crippen LogP contribution in [0.4, 0.5) is 5.82 Å². The Balaban J connectivity index is 2.16. The fraction of sp³-hybridized carbons (Fsp3) is 0.357. The van der Waals surface area contributed by atoms with Crippen LogP contribution in [0.2, 0.25) is 10.0 Å². The van der Waals surface area contributed by atoms with Gasteiger partial charge in [0.25, 0.3) is 0 Å². The zero-order chi connectivity index (χ0) is 13.4. The van der Waals surface area contributed by atoms with Crippen molar-refractivity contribution in [1.29, 1.82) is 0 Å². The fourth-order valence-corrected chi connectivity index (χ4v) is 3.47. The molecule has 1 heterocycles. The van der Waals surface area contributed by atoms with Gasteiger partial charge in [-0.25, -0.2) is 0 Å². The van der Waals surface area contributed by atoms with E-state index in [1.54, 1.807) is 0 Å². The first-order valence-corrected chi connectivity index (χ1v) is 7.22. The molecular formula is C14H15Cl2N3. The summed E-state index contributed by atoms with van der Waals surface area (Å²) < 4.78 is 0. The Morgan fingerprint density at radius 2 is 1.74 bits per heavy atom. The highest BCUT2D eigenvalue weighted by atomic mass is 35.5. The number of nitrogens with zero attached hydrogens (tertiary/aromatic N) is 1. The van der Waals surface area contributed by atoms with Crippen LogP contribution in [0.1, 0.15) is 37.3 Å². The van der Waals surface area contributed by atoms with Crippen LogP contribution in [0.15, 0.2) is 18.2 Å². The molecule has 1 aromatic heterocycles. The van der Waals surface area contributed by atoms with Gasteiger partial charge in [-0.2, -0.15) is 5.10 Å². The minimum atomic E-state index is 0.469. The molecule has 0 amide bonds. The van der Waals surface area contributed by atoms with Gasteiger partial charge in [-0.3, -0.25) is 5.10 Å². The quantitative estimate of drug-likeness (QED) is 0.849. The van der Waals surface area contributed by atoms with Gasteiger partial charge in [-0.15, -0.1) is 0 Å². The van der Waals surface area contributed by atoms with E-state index in [-0.39, 0.29) is 0 Å². The highest BCUT2D eigenvalue weighted by Crippen LogP contribution is 2.44. The van der Waals surface area contributed by atoms with E-state index in [0.29, 0.717) is 21.8 Å². The molecule has 1 fully saturated rings. The summed E-state index contributed by atoms with van der Waals surface area (Å²) in [5.74, 6) is 0.948. The molecular weight excluding hydrogens is 281 g/mol. The molecule has 0 bridgehead atoms. The van der Waals surface area contributed by atoms with Gasteiger partial charge in [0.05, 0.1) is 10.0 Å². The van der Waals surface area contributed by atoms with Crippen molar-refractivity contribution in [3.63, 3.8) is 0 Å². The molecule has 3 rings (SSSR count).